The first-order valence-electron chi connectivity index (χ1n) is 20.2. The first-order chi connectivity index (χ1) is 27.4. The lowest BCUT2D eigenvalue weighted by atomic mass is 9.71. The van der Waals surface area contributed by atoms with Crippen molar-refractivity contribution in [3.63, 3.8) is 0 Å². The molecule has 19 heteroatoms. The van der Waals surface area contributed by atoms with Crippen molar-refractivity contribution in [1.29, 1.82) is 0 Å². The Morgan fingerprint density at radius 2 is 1.70 bits per heavy atom. The van der Waals surface area contributed by atoms with Crippen molar-refractivity contribution < 1.29 is 61.1 Å². The monoisotopic (exact) mass is 814 g/mol. The van der Waals surface area contributed by atoms with Crippen molar-refractivity contribution in [3.8, 4) is 0 Å². The SMILES string of the molecule is C=CC(=O)N1CCN(C2NC(=O)N3C4NC(C(F)CC42)C2C(F)CCCC2OCC(OCOC(=O)OC)C(OCOC(=O)OC)C2CCNC(C(C)C)C23)[C@@H](C)C1. The zero-order valence-electron chi connectivity index (χ0n) is 33.5. The minimum absolute atomic E-state index is 0.0262. The minimum atomic E-state index is -1.48. The van der Waals surface area contributed by atoms with Gasteiger partial charge in [-0.05, 0) is 57.6 Å². The maximum Gasteiger partial charge on any atom is 0.510 e. The Labute approximate surface area is 332 Å². The Kier molecular flexibility index (Phi) is 14.5. The molecule has 5 aliphatic heterocycles. The number of carbonyl (C=O) groups excluding carboxylic acids is 4. The smallest absolute Gasteiger partial charge is 0.438 e. The molecule has 0 radical (unpaired) electrons. The molecule has 1 saturated carbocycles. The summed E-state index contributed by atoms with van der Waals surface area (Å²) in [4.78, 5) is 57.2. The van der Waals surface area contributed by atoms with Crippen molar-refractivity contribution in [2.45, 2.75) is 120 Å². The van der Waals surface area contributed by atoms with Crippen molar-refractivity contribution >= 4 is 24.2 Å². The van der Waals surface area contributed by atoms with Gasteiger partial charge >= 0.3 is 18.3 Å². The standard InChI is InChI=1S/C38H60F2N6O11/c1-7-28(47)44-13-14-45(21(4)16-44)34-23-15-25(40)31-29-24(39)9-8-10-26(29)53-17-27(54-18-56-37(49)51-5)33(55-19-57-38(50)52-6)22-11-12-41-30(20(2)3)32(22)46(35(23)42-31)36(48)43-34/h7,20-27,29-35,41-42H,1,8-19H2,2-6H3,(H,43,48)/t21-,22?,23?,24?,25?,26?,27?,29?,30?,31?,32?,33?,34?,35?/m0/s1. The van der Waals surface area contributed by atoms with E-state index in [0.717, 1.165) is 7.11 Å². The van der Waals surface area contributed by atoms with Crippen LogP contribution in [0.15, 0.2) is 12.7 Å². The van der Waals surface area contributed by atoms with Crippen LogP contribution in [-0.4, -0.2) is 167 Å². The predicted molar refractivity (Wildman–Crippen MR) is 198 cm³/mol. The van der Waals surface area contributed by atoms with Gasteiger partial charge in [0.05, 0.1) is 51.4 Å². The number of nitrogens with zero attached hydrogens (tertiary/aromatic N) is 3. The lowest BCUT2D eigenvalue weighted by molar-refractivity contribution is -0.210. The normalized spacial score (nSPS) is 38.6. The summed E-state index contributed by atoms with van der Waals surface area (Å²) in [6.45, 7) is 10.2. The Hall–Kier alpha value is -3.36. The fourth-order valence-electron chi connectivity index (χ4n) is 10.2. The molecular weight excluding hydrogens is 754 g/mol. The Morgan fingerprint density at radius 3 is 2.37 bits per heavy atom. The topological polar surface area (TPSA) is 179 Å². The molecule has 1 aliphatic carbocycles. The highest BCUT2D eigenvalue weighted by atomic mass is 19.1. The first-order valence-corrected chi connectivity index (χ1v) is 20.2. The number of hydrogen-bond acceptors (Lipinski definition) is 14. The van der Waals surface area contributed by atoms with Crippen LogP contribution in [0.5, 0.6) is 0 Å². The van der Waals surface area contributed by atoms with Crippen LogP contribution in [0.2, 0.25) is 0 Å². The molecule has 13 unspecified atom stereocenters. The molecule has 14 atom stereocenters. The number of carbonyl (C=O) groups is 4. The summed E-state index contributed by atoms with van der Waals surface area (Å²) < 4.78 is 72.0. The van der Waals surface area contributed by atoms with Gasteiger partial charge in [-0.15, -0.1) is 0 Å². The van der Waals surface area contributed by atoms with E-state index in [4.69, 9.17) is 23.7 Å². The van der Waals surface area contributed by atoms with E-state index in [1.54, 1.807) is 9.80 Å². The third kappa shape index (κ3) is 9.28. The summed E-state index contributed by atoms with van der Waals surface area (Å²) in [6.07, 6.45) is -5.88. The molecule has 6 rings (SSSR count). The summed E-state index contributed by atoms with van der Waals surface area (Å²) in [5.74, 6) is -2.12. The summed E-state index contributed by atoms with van der Waals surface area (Å²) in [5.41, 5.74) is 0. The van der Waals surface area contributed by atoms with Gasteiger partial charge < -0.3 is 53.6 Å². The molecule has 0 aromatic carbocycles. The van der Waals surface area contributed by atoms with E-state index in [9.17, 15) is 19.2 Å². The number of ether oxygens (including phenoxy) is 7. The fraction of sp³-hybridized carbons (Fsp3) is 0.842. The van der Waals surface area contributed by atoms with Crippen molar-refractivity contribution in [2.75, 3.05) is 60.6 Å². The summed E-state index contributed by atoms with van der Waals surface area (Å²) in [5, 5.41) is 10.4. The quantitative estimate of drug-likeness (QED) is 0.176. The first kappa shape index (κ1) is 43.2. The molecule has 322 valence electrons. The Morgan fingerprint density at radius 1 is 0.982 bits per heavy atom. The number of rotatable bonds is 9. The number of hydrogen-bond donors (Lipinski definition) is 3. The molecule has 3 amide bonds. The van der Waals surface area contributed by atoms with Crippen LogP contribution in [0.25, 0.3) is 0 Å². The second-order valence-electron chi connectivity index (χ2n) is 16.3. The van der Waals surface area contributed by atoms with Crippen LogP contribution < -0.4 is 16.0 Å². The van der Waals surface area contributed by atoms with E-state index in [0.29, 0.717) is 45.4 Å². The molecule has 5 heterocycles. The second kappa shape index (κ2) is 19.1. The second-order valence-corrected chi connectivity index (χ2v) is 16.3. The van der Waals surface area contributed by atoms with Crippen LogP contribution in [0.1, 0.15) is 52.9 Å². The lowest BCUT2D eigenvalue weighted by Gasteiger charge is -2.61. The van der Waals surface area contributed by atoms with E-state index < -0.39 is 105 Å². The number of fused-ring (bicyclic) bond motifs is 5. The van der Waals surface area contributed by atoms with Crippen molar-refractivity contribution in [1.82, 2.24) is 30.7 Å². The number of urea groups is 1. The molecule has 6 aliphatic rings. The summed E-state index contributed by atoms with van der Waals surface area (Å²) in [7, 11) is 2.33. The number of nitrogens with one attached hydrogen (secondary N) is 3. The maximum atomic E-state index is 17.0. The Bertz CT molecular complexity index is 1430. The molecular formula is C38H60F2N6O11. The minimum Gasteiger partial charge on any atom is -0.438 e. The van der Waals surface area contributed by atoms with E-state index in [2.05, 4.69) is 36.9 Å². The lowest BCUT2D eigenvalue weighted by Crippen LogP contribution is -2.80. The molecule has 0 spiro atoms. The maximum absolute atomic E-state index is 17.0. The highest BCUT2D eigenvalue weighted by Crippen LogP contribution is 2.44. The van der Waals surface area contributed by atoms with Gasteiger partial charge in [0, 0.05) is 55.5 Å². The van der Waals surface area contributed by atoms with Gasteiger partial charge in [-0.25, -0.2) is 23.2 Å². The van der Waals surface area contributed by atoms with Crippen LogP contribution in [0.3, 0.4) is 0 Å². The molecule has 2 bridgehead atoms. The average Bonchev–Trinajstić information content (AvgIpc) is 3.19. The van der Waals surface area contributed by atoms with Crippen LogP contribution in [-0.2, 0) is 38.0 Å². The van der Waals surface area contributed by atoms with Crippen LogP contribution in [0, 0.1) is 23.7 Å². The van der Waals surface area contributed by atoms with Gasteiger partial charge in [-0.3, -0.25) is 15.0 Å². The number of methoxy groups -OCH3 is 2. The van der Waals surface area contributed by atoms with E-state index in [-0.39, 0.29) is 43.4 Å². The molecule has 0 aromatic rings. The molecule has 6 fully saturated rings. The Balaban J connectivity index is 1.44. The number of halogens is 2. The summed E-state index contributed by atoms with van der Waals surface area (Å²) in [6, 6.07) is -2.50. The molecule has 0 aromatic heterocycles. The highest BCUT2D eigenvalue weighted by molar-refractivity contribution is 5.87. The molecule has 57 heavy (non-hydrogen) atoms. The predicted octanol–water partition coefficient (Wildman–Crippen LogP) is 2.49. The largest absolute Gasteiger partial charge is 0.510 e. The zero-order valence-corrected chi connectivity index (χ0v) is 33.5. The van der Waals surface area contributed by atoms with E-state index in [1.165, 1.54) is 13.2 Å². The number of alkyl halides is 2. The van der Waals surface area contributed by atoms with Gasteiger partial charge in [-0.2, -0.15) is 0 Å². The van der Waals surface area contributed by atoms with Crippen molar-refractivity contribution in [2.24, 2.45) is 23.7 Å². The zero-order chi connectivity index (χ0) is 41.0. The number of piperazine rings is 1. The number of amides is 3. The van der Waals surface area contributed by atoms with Crippen LogP contribution >= 0.6 is 0 Å². The van der Waals surface area contributed by atoms with Gasteiger partial charge in [0.15, 0.2) is 13.6 Å². The van der Waals surface area contributed by atoms with Gasteiger partial charge in [-0.1, -0.05) is 20.4 Å². The summed E-state index contributed by atoms with van der Waals surface area (Å²) >= 11 is 0. The van der Waals surface area contributed by atoms with Crippen LogP contribution in [0.4, 0.5) is 23.2 Å². The van der Waals surface area contributed by atoms with Crippen molar-refractivity contribution in [3.05, 3.63) is 12.7 Å². The van der Waals surface area contributed by atoms with Gasteiger partial charge in [0.1, 0.15) is 18.4 Å². The molecule has 5 saturated heterocycles. The molecule has 3 N–H and O–H groups in total. The van der Waals surface area contributed by atoms with Gasteiger partial charge in [0.2, 0.25) is 5.91 Å². The third-order valence-corrected chi connectivity index (χ3v) is 12.8. The third-order valence-electron chi connectivity index (χ3n) is 12.8. The fourth-order valence-corrected chi connectivity index (χ4v) is 10.2. The van der Waals surface area contributed by atoms with E-state index in [1.807, 2.05) is 20.8 Å². The number of piperidine rings is 2. The van der Waals surface area contributed by atoms with E-state index >= 15 is 8.78 Å². The van der Waals surface area contributed by atoms with Gasteiger partial charge in [0.25, 0.3) is 0 Å². The average molecular weight is 815 g/mol. The molecule has 17 nitrogen and oxygen atoms in total. The highest BCUT2D eigenvalue weighted by Gasteiger charge is 2.59.